The van der Waals surface area contributed by atoms with E-state index < -0.39 is 0 Å². The Labute approximate surface area is 103 Å². The van der Waals surface area contributed by atoms with Gasteiger partial charge in [-0.1, -0.05) is 24.3 Å². The van der Waals surface area contributed by atoms with Crippen molar-refractivity contribution in [2.45, 2.75) is 13.8 Å². The Morgan fingerprint density at radius 2 is 1.71 bits per heavy atom. The molecule has 2 heteroatoms. The lowest BCUT2D eigenvalue weighted by molar-refractivity contribution is 1.02. The molecule has 2 rings (SSSR count). The largest absolute Gasteiger partial charge is 0.398 e. The summed E-state index contributed by atoms with van der Waals surface area (Å²) in [6.07, 6.45) is 0. The highest BCUT2D eigenvalue weighted by Gasteiger charge is 2.07. The number of para-hydroxylation sites is 1. The van der Waals surface area contributed by atoms with E-state index in [0.29, 0.717) is 0 Å². The van der Waals surface area contributed by atoms with E-state index in [2.05, 4.69) is 48.2 Å². The normalized spacial score (nSPS) is 10.2. The second kappa shape index (κ2) is 4.91. The first-order valence-corrected chi connectivity index (χ1v) is 5.91. The average Bonchev–Trinajstić information content (AvgIpc) is 2.36. The van der Waals surface area contributed by atoms with Crippen LogP contribution in [0.3, 0.4) is 0 Å². The molecule has 88 valence electrons. The fourth-order valence-corrected chi connectivity index (χ4v) is 1.92. The summed E-state index contributed by atoms with van der Waals surface area (Å²) in [6.45, 7) is 5.09. The molecule has 2 N–H and O–H groups in total. The number of nitrogens with zero attached hydrogens (tertiary/aromatic N) is 1. The number of anilines is 3. The molecule has 0 bridgehead atoms. The zero-order chi connectivity index (χ0) is 12.3. The smallest absolute Gasteiger partial charge is 0.0431 e. The van der Waals surface area contributed by atoms with Crippen LogP contribution in [0.2, 0.25) is 0 Å². The number of aryl methyl sites for hydroxylation is 1. The number of hydrogen-bond acceptors (Lipinski definition) is 2. The Bertz CT molecular complexity index is 492. The van der Waals surface area contributed by atoms with Gasteiger partial charge in [0.15, 0.2) is 0 Å². The minimum atomic E-state index is 0.844. The fourth-order valence-electron chi connectivity index (χ4n) is 1.92. The molecule has 0 heterocycles. The Morgan fingerprint density at radius 1 is 1.00 bits per heavy atom. The van der Waals surface area contributed by atoms with Gasteiger partial charge in [0.1, 0.15) is 0 Å². The summed E-state index contributed by atoms with van der Waals surface area (Å²) in [6, 6.07) is 16.6. The number of nitrogen functional groups attached to an aromatic ring is 1. The molecular weight excluding hydrogens is 208 g/mol. The zero-order valence-electron chi connectivity index (χ0n) is 10.4. The molecule has 0 radical (unpaired) electrons. The van der Waals surface area contributed by atoms with Crippen molar-refractivity contribution < 1.29 is 0 Å². The van der Waals surface area contributed by atoms with Crippen LogP contribution in [0.1, 0.15) is 12.5 Å². The van der Waals surface area contributed by atoms with E-state index in [1.165, 1.54) is 5.69 Å². The van der Waals surface area contributed by atoms with Crippen LogP contribution in [0.5, 0.6) is 0 Å². The number of nitrogens with two attached hydrogens (primary N) is 1. The summed E-state index contributed by atoms with van der Waals surface area (Å²) in [5.74, 6) is 0. The van der Waals surface area contributed by atoms with Gasteiger partial charge < -0.3 is 10.6 Å². The molecule has 0 aliphatic heterocycles. The quantitative estimate of drug-likeness (QED) is 0.808. The van der Waals surface area contributed by atoms with Gasteiger partial charge in [-0.2, -0.15) is 0 Å². The van der Waals surface area contributed by atoms with Crippen molar-refractivity contribution in [3.8, 4) is 0 Å². The third-order valence-corrected chi connectivity index (χ3v) is 2.96. The Balaban J connectivity index is 2.39. The van der Waals surface area contributed by atoms with Gasteiger partial charge in [-0.25, -0.2) is 0 Å². The topological polar surface area (TPSA) is 29.3 Å². The van der Waals surface area contributed by atoms with Crippen LogP contribution < -0.4 is 10.6 Å². The molecule has 17 heavy (non-hydrogen) atoms. The van der Waals surface area contributed by atoms with Crippen molar-refractivity contribution in [1.29, 1.82) is 0 Å². The van der Waals surface area contributed by atoms with Gasteiger partial charge >= 0.3 is 0 Å². The second-order valence-electron chi connectivity index (χ2n) is 4.12. The van der Waals surface area contributed by atoms with E-state index in [9.17, 15) is 0 Å². The van der Waals surface area contributed by atoms with Crippen molar-refractivity contribution in [1.82, 2.24) is 0 Å². The maximum atomic E-state index is 5.96. The van der Waals surface area contributed by atoms with E-state index in [4.69, 9.17) is 5.73 Å². The average molecular weight is 226 g/mol. The van der Waals surface area contributed by atoms with Crippen LogP contribution >= 0.6 is 0 Å². The molecule has 0 unspecified atom stereocenters. The van der Waals surface area contributed by atoms with Gasteiger partial charge in [0.25, 0.3) is 0 Å². The van der Waals surface area contributed by atoms with E-state index in [0.717, 1.165) is 23.5 Å². The molecule has 0 aromatic heterocycles. The van der Waals surface area contributed by atoms with Crippen LogP contribution in [0.4, 0.5) is 17.1 Å². The van der Waals surface area contributed by atoms with Gasteiger partial charge in [0.2, 0.25) is 0 Å². The lowest BCUT2D eigenvalue weighted by Gasteiger charge is -2.23. The van der Waals surface area contributed by atoms with E-state index in [-0.39, 0.29) is 0 Å². The van der Waals surface area contributed by atoms with Crippen LogP contribution in [-0.4, -0.2) is 6.54 Å². The van der Waals surface area contributed by atoms with Crippen molar-refractivity contribution in [3.05, 3.63) is 54.1 Å². The van der Waals surface area contributed by atoms with Crippen molar-refractivity contribution >= 4 is 17.1 Å². The minimum absolute atomic E-state index is 0.844. The van der Waals surface area contributed by atoms with Crippen molar-refractivity contribution in [2.24, 2.45) is 0 Å². The third kappa shape index (κ3) is 2.41. The lowest BCUT2D eigenvalue weighted by Crippen LogP contribution is -2.16. The van der Waals surface area contributed by atoms with E-state index in [1.54, 1.807) is 0 Å². The number of benzene rings is 2. The first-order chi connectivity index (χ1) is 8.22. The maximum Gasteiger partial charge on any atom is 0.0431 e. The third-order valence-electron chi connectivity index (χ3n) is 2.96. The molecule has 2 aromatic carbocycles. The maximum absolute atomic E-state index is 5.96. The number of rotatable bonds is 3. The summed E-state index contributed by atoms with van der Waals surface area (Å²) in [4.78, 5) is 2.25. The summed E-state index contributed by atoms with van der Waals surface area (Å²) in [5, 5.41) is 0. The standard InChI is InChI=1S/C15H18N2/c1-3-17(13-7-5-4-6-8-13)14-10-9-12(2)15(16)11-14/h4-11H,3,16H2,1-2H3. The molecule has 0 aliphatic carbocycles. The van der Waals surface area contributed by atoms with E-state index >= 15 is 0 Å². The Kier molecular flexibility index (Phi) is 3.33. The Hall–Kier alpha value is -1.96. The molecule has 0 spiro atoms. The van der Waals surface area contributed by atoms with Crippen LogP contribution in [-0.2, 0) is 0 Å². The van der Waals surface area contributed by atoms with E-state index in [1.807, 2.05) is 19.1 Å². The first-order valence-electron chi connectivity index (χ1n) is 5.91. The fraction of sp³-hybridized carbons (Fsp3) is 0.200. The summed E-state index contributed by atoms with van der Waals surface area (Å²) < 4.78 is 0. The molecule has 0 saturated carbocycles. The molecule has 0 atom stereocenters. The minimum Gasteiger partial charge on any atom is -0.398 e. The molecule has 2 aromatic rings. The lowest BCUT2D eigenvalue weighted by atomic mass is 10.1. The molecule has 2 nitrogen and oxygen atoms in total. The highest BCUT2D eigenvalue weighted by molar-refractivity contribution is 5.67. The van der Waals surface area contributed by atoms with Crippen molar-refractivity contribution in [2.75, 3.05) is 17.2 Å². The van der Waals surface area contributed by atoms with Gasteiger partial charge in [0, 0.05) is 23.6 Å². The van der Waals surface area contributed by atoms with Gasteiger partial charge in [0.05, 0.1) is 0 Å². The Morgan fingerprint density at radius 3 is 2.29 bits per heavy atom. The predicted molar refractivity (Wildman–Crippen MR) is 74.7 cm³/mol. The van der Waals surface area contributed by atoms with Gasteiger partial charge in [-0.05, 0) is 43.7 Å². The molecule has 0 aliphatic rings. The summed E-state index contributed by atoms with van der Waals surface area (Å²) in [7, 11) is 0. The summed E-state index contributed by atoms with van der Waals surface area (Å²) >= 11 is 0. The van der Waals surface area contributed by atoms with Gasteiger partial charge in [-0.3, -0.25) is 0 Å². The molecule has 0 fully saturated rings. The SMILES string of the molecule is CCN(c1ccccc1)c1ccc(C)c(N)c1. The highest BCUT2D eigenvalue weighted by Crippen LogP contribution is 2.27. The van der Waals surface area contributed by atoms with Crippen LogP contribution in [0, 0.1) is 6.92 Å². The zero-order valence-corrected chi connectivity index (χ0v) is 10.4. The highest BCUT2D eigenvalue weighted by atomic mass is 15.1. The molecule has 0 amide bonds. The molecule has 0 saturated heterocycles. The monoisotopic (exact) mass is 226 g/mol. The second-order valence-corrected chi connectivity index (χ2v) is 4.12. The van der Waals surface area contributed by atoms with Crippen molar-refractivity contribution in [3.63, 3.8) is 0 Å². The van der Waals surface area contributed by atoms with Crippen LogP contribution in [0.25, 0.3) is 0 Å². The number of hydrogen-bond donors (Lipinski definition) is 1. The molecular formula is C15H18N2. The predicted octanol–water partition coefficient (Wildman–Crippen LogP) is 3.74. The van der Waals surface area contributed by atoms with Crippen LogP contribution in [0.15, 0.2) is 48.5 Å². The summed E-state index contributed by atoms with van der Waals surface area (Å²) in [5.41, 5.74) is 10.3. The first kappa shape index (κ1) is 11.5. The van der Waals surface area contributed by atoms with Gasteiger partial charge in [-0.15, -0.1) is 0 Å².